The Morgan fingerprint density at radius 3 is 2.57 bits per heavy atom. The maximum atomic E-state index is 10.8. The van der Waals surface area contributed by atoms with E-state index in [1.54, 1.807) is 0 Å². The molecule has 0 radical (unpaired) electrons. The molecule has 0 amide bonds. The summed E-state index contributed by atoms with van der Waals surface area (Å²) in [4.78, 5) is 10.8. The van der Waals surface area contributed by atoms with Crippen LogP contribution in [0.25, 0.3) is 0 Å². The molecule has 0 aliphatic heterocycles. The summed E-state index contributed by atoms with van der Waals surface area (Å²) in [6, 6.07) is 0. The van der Waals surface area contributed by atoms with Gasteiger partial charge in [0, 0.05) is 11.8 Å². The van der Waals surface area contributed by atoms with E-state index < -0.39 is 0 Å². The first-order valence-electron chi connectivity index (χ1n) is 4.76. The lowest BCUT2D eigenvalue weighted by atomic mass is 10.0. The van der Waals surface area contributed by atoms with Crippen LogP contribution in [0.15, 0.2) is 12.7 Å². The molecule has 1 atom stereocenters. The molecule has 2 nitrogen and oxygen atoms in total. The highest BCUT2D eigenvalue weighted by Gasteiger charge is 2.12. The van der Waals surface area contributed by atoms with Crippen LogP contribution in [0, 0.1) is 5.41 Å². The number of thioether (sulfide) groups is 1. The topological polar surface area (TPSA) is 26.3 Å². The summed E-state index contributed by atoms with van der Waals surface area (Å²) in [5, 5.41) is 0. The van der Waals surface area contributed by atoms with Crippen LogP contribution in [0.5, 0.6) is 0 Å². The maximum Gasteiger partial charge on any atom is 0.330 e. The van der Waals surface area contributed by atoms with Crippen molar-refractivity contribution < 1.29 is 9.53 Å². The molecule has 0 saturated heterocycles. The van der Waals surface area contributed by atoms with Crippen LogP contribution in [0.4, 0.5) is 0 Å². The van der Waals surface area contributed by atoms with Crippen LogP contribution in [0.1, 0.15) is 27.7 Å². The minimum absolute atomic E-state index is 0.0344. The number of hydrogen-bond acceptors (Lipinski definition) is 3. The van der Waals surface area contributed by atoms with Crippen molar-refractivity contribution >= 4 is 17.7 Å². The van der Waals surface area contributed by atoms with Gasteiger partial charge in [-0.15, -0.1) is 0 Å². The SMILES string of the molecule is C=CC(=O)OC(C)CSCC(C)(C)C. The lowest BCUT2D eigenvalue weighted by molar-refractivity contribution is -0.141. The van der Waals surface area contributed by atoms with Crippen LogP contribution in [0.2, 0.25) is 0 Å². The van der Waals surface area contributed by atoms with Crippen LogP contribution >= 0.6 is 11.8 Å². The summed E-state index contributed by atoms with van der Waals surface area (Å²) >= 11 is 1.81. The van der Waals surface area contributed by atoms with E-state index in [0.717, 1.165) is 11.5 Å². The highest BCUT2D eigenvalue weighted by atomic mass is 32.2. The normalized spacial score (nSPS) is 13.4. The molecule has 3 heteroatoms. The second-order valence-electron chi connectivity index (χ2n) is 4.53. The second kappa shape index (κ2) is 6.12. The predicted molar refractivity (Wildman–Crippen MR) is 62.5 cm³/mol. The zero-order chi connectivity index (χ0) is 11.2. The van der Waals surface area contributed by atoms with Gasteiger partial charge < -0.3 is 4.74 Å². The van der Waals surface area contributed by atoms with E-state index in [0.29, 0.717) is 5.41 Å². The molecule has 1 unspecified atom stereocenters. The third-order valence-electron chi connectivity index (χ3n) is 1.37. The molecule has 0 fully saturated rings. The van der Waals surface area contributed by atoms with Gasteiger partial charge in [0.15, 0.2) is 0 Å². The first kappa shape index (κ1) is 13.6. The van der Waals surface area contributed by atoms with E-state index in [9.17, 15) is 4.79 Å². The number of rotatable bonds is 5. The minimum Gasteiger partial charge on any atom is -0.459 e. The average molecular weight is 216 g/mol. The third-order valence-corrected chi connectivity index (χ3v) is 3.15. The molecular formula is C11H20O2S. The summed E-state index contributed by atoms with van der Waals surface area (Å²) in [6.45, 7) is 11.8. The highest BCUT2D eigenvalue weighted by molar-refractivity contribution is 7.99. The number of ether oxygens (including phenoxy) is 1. The van der Waals surface area contributed by atoms with Gasteiger partial charge in [0.05, 0.1) is 0 Å². The van der Waals surface area contributed by atoms with E-state index in [-0.39, 0.29) is 12.1 Å². The van der Waals surface area contributed by atoms with E-state index in [4.69, 9.17) is 4.74 Å². The third kappa shape index (κ3) is 8.17. The Morgan fingerprint density at radius 2 is 2.14 bits per heavy atom. The first-order chi connectivity index (χ1) is 6.35. The first-order valence-corrected chi connectivity index (χ1v) is 5.91. The Balaban J connectivity index is 3.59. The van der Waals surface area contributed by atoms with Crippen LogP contribution in [0.3, 0.4) is 0 Å². The van der Waals surface area contributed by atoms with Gasteiger partial charge >= 0.3 is 5.97 Å². The van der Waals surface area contributed by atoms with Gasteiger partial charge in [-0.2, -0.15) is 11.8 Å². The summed E-state index contributed by atoms with van der Waals surface area (Å²) < 4.78 is 5.04. The smallest absolute Gasteiger partial charge is 0.330 e. The molecule has 0 aromatic rings. The van der Waals surface area contributed by atoms with Crippen molar-refractivity contribution in [2.75, 3.05) is 11.5 Å². The van der Waals surface area contributed by atoms with Gasteiger partial charge in [-0.1, -0.05) is 27.4 Å². The van der Waals surface area contributed by atoms with Gasteiger partial charge in [-0.05, 0) is 18.1 Å². The molecule has 0 N–H and O–H groups in total. The molecule has 0 aromatic heterocycles. The van der Waals surface area contributed by atoms with Crippen molar-refractivity contribution in [1.82, 2.24) is 0 Å². The van der Waals surface area contributed by atoms with Gasteiger partial charge in [0.25, 0.3) is 0 Å². The Labute approximate surface area is 91.1 Å². The van der Waals surface area contributed by atoms with E-state index in [1.807, 2.05) is 18.7 Å². The molecule has 0 bridgehead atoms. The fraction of sp³-hybridized carbons (Fsp3) is 0.727. The van der Waals surface area contributed by atoms with Crippen molar-refractivity contribution in [3.05, 3.63) is 12.7 Å². The van der Waals surface area contributed by atoms with Gasteiger partial charge in [-0.25, -0.2) is 4.79 Å². The van der Waals surface area contributed by atoms with Crippen molar-refractivity contribution in [3.63, 3.8) is 0 Å². The zero-order valence-corrected chi connectivity index (χ0v) is 10.3. The van der Waals surface area contributed by atoms with E-state index in [2.05, 4.69) is 27.4 Å². The zero-order valence-electron chi connectivity index (χ0n) is 9.50. The number of hydrogen-bond donors (Lipinski definition) is 0. The average Bonchev–Trinajstić information content (AvgIpc) is 2.01. The molecule has 0 rings (SSSR count). The standard InChI is InChI=1S/C11H20O2S/c1-6-10(12)13-9(2)7-14-8-11(3,4)5/h6,9H,1,7-8H2,2-5H3. The summed E-state index contributed by atoms with van der Waals surface area (Å²) in [7, 11) is 0. The summed E-state index contributed by atoms with van der Waals surface area (Å²) in [5.41, 5.74) is 0.326. The van der Waals surface area contributed by atoms with Crippen LogP contribution in [-0.2, 0) is 9.53 Å². The molecule has 0 aromatic carbocycles. The Kier molecular flexibility index (Phi) is 5.93. The summed E-state index contributed by atoms with van der Waals surface area (Å²) in [6.07, 6.45) is 1.16. The van der Waals surface area contributed by atoms with Crippen molar-refractivity contribution in [3.8, 4) is 0 Å². The lowest BCUT2D eigenvalue weighted by Gasteiger charge is -2.18. The summed E-state index contributed by atoms with van der Waals surface area (Å²) in [5.74, 6) is 1.58. The van der Waals surface area contributed by atoms with Crippen molar-refractivity contribution in [1.29, 1.82) is 0 Å². The molecule has 0 aliphatic rings. The largest absolute Gasteiger partial charge is 0.459 e. The Morgan fingerprint density at radius 1 is 1.57 bits per heavy atom. The number of esters is 1. The molecular weight excluding hydrogens is 196 g/mol. The van der Waals surface area contributed by atoms with Crippen LogP contribution < -0.4 is 0 Å². The van der Waals surface area contributed by atoms with Gasteiger partial charge in [0.2, 0.25) is 0 Å². The molecule has 0 heterocycles. The van der Waals surface area contributed by atoms with Crippen molar-refractivity contribution in [2.24, 2.45) is 5.41 Å². The molecule has 14 heavy (non-hydrogen) atoms. The van der Waals surface area contributed by atoms with E-state index >= 15 is 0 Å². The highest BCUT2D eigenvalue weighted by Crippen LogP contribution is 2.21. The molecule has 82 valence electrons. The molecule has 0 spiro atoms. The Bertz CT molecular complexity index is 194. The quantitative estimate of drug-likeness (QED) is 0.522. The predicted octanol–water partition coefficient (Wildman–Crippen LogP) is 2.88. The second-order valence-corrected chi connectivity index (χ2v) is 5.56. The minimum atomic E-state index is -0.339. The lowest BCUT2D eigenvalue weighted by Crippen LogP contribution is -2.17. The number of carbonyl (C=O) groups excluding carboxylic acids is 1. The fourth-order valence-electron chi connectivity index (χ4n) is 0.811. The van der Waals surface area contributed by atoms with Crippen molar-refractivity contribution in [2.45, 2.75) is 33.8 Å². The van der Waals surface area contributed by atoms with E-state index in [1.165, 1.54) is 6.08 Å². The van der Waals surface area contributed by atoms with Gasteiger partial charge in [0.1, 0.15) is 6.10 Å². The monoisotopic (exact) mass is 216 g/mol. The van der Waals surface area contributed by atoms with Crippen LogP contribution in [-0.4, -0.2) is 23.6 Å². The maximum absolute atomic E-state index is 10.8. The molecule has 0 saturated carbocycles. The molecule has 0 aliphatic carbocycles. The number of carbonyl (C=O) groups is 1. The van der Waals surface area contributed by atoms with Gasteiger partial charge in [-0.3, -0.25) is 0 Å². The fourth-order valence-corrected chi connectivity index (χ4v) is 1.94. The Hall–Kier alpha value is -0.440.